The first kappa shape index (κ1) is 16.8. The fourth-order valence-electron chi connectivity index (χ4n) is 3.19. The molecule has 0 saturated heterocycles. The third-order valence-corrected chi connectivity index (χ3v) is 4.89. The zero-order valence-corrected chi connectivity index (χ0v) is 14.2. The van der Waals surface area contributed by atoms with Crippen LogP contribution in [0.15, 0.2) is 0 Å². The van der Waals surface area contributed by atoms with Crippen molar-refractivity contribution in [2.45, 2.75) is 89.9 Å². The molecule has 122 valence electrons. The molecule has 3 N–H and O–H groups in total. The van der Waals surface area contributed by atoms with Crippen molar-refractivity contribution in [3.63, 3.8) is 0 Å². The number of hydrogen-bond donors (Lipinski definition) is 2. The predicted molar refractivity (Wildman–Crippen MR) is 87.0 cm³/mol. The summed E-state index contributed by atoms with van der Waals surface area (Å²) in [6.07, 6.45) is 7.02. The van der Waals surface area contributed by atoms with E-state index in [0.717, 1.165) is 24.9 Å². The standard InChI is InChI=1S/C17H33N3O/c1-12(2)9-10-20(15-7-8-15)13(3)11-17(4,16(18)21)19-14-5-6-14/h12-15,19H,5-11H2,1-4H3,(H2,18,21). The van der Waals surface area contributed by atoms with Gasteiger partial charge in [-0.25, -0.2) is 0 Å². The second-order valence-corrected chi connectivity index (χ2v) is 7.82. The fourth-order valence-corrected chi connectivity index (χ4v) is 3.19. The fraction of sp³-hybridized carbons (Fsp3) is 0.941. The summed E-state index contributed by atoms with van der Waals surface area (Å²) in [6.45, 7) is 9.93. The lowest BCUT2D eigenvalue weighted by atomic mass is 9.91. The molecule has 2 fully saturated rings. The van der Waals surface area contributed by atoms with E-state index in [0.29, 0.717) is 12.1 Å². The van der Waals surface area contributed by atoms with Gasteiger partial charge in [0.25, 0.3) is 0 Å². The van der Waals surface area contributed by atoms with E-state index in [9.17, 15) is 4.79 Å². The lowest BCUT2D eigenvalue weighted by Crippen LogP contribution is -2.57. The Balaban J connectivity index is 1.94. The zero-order valence-electron chi connectivity index (χ0n) is 14.2. The van der Waals surface area contributed by atoms with Gasteiger partial charge in [-0.15, -0.1) is 0 Å². The first-order valence-electron chi connectivity index (χ1n) is 8.65. The van der Waals surface area contributed by atoms with Gasteiger partial charge >= 0.3 is 0 Å². The molecule has 0 radical (unpaired) electrons. The molecule has 4 heteroatoms. The Bertz CT molecular complexity index is 363. The van der Waals surface area contributed by atoms with Crippen molar-refractivity contribution < 1.29 is 4.79 Å². The van der Waals surface area contributed by atoms with Crippen LogP contribution in [0.2, 0.25) is 0 Å². The minimum absolute atomic E-state index is 0.208. The molecule has 0 aromatic carbocycles. The van der Waals surface area contributed by atoms with Crippen LogP contribution in [0.5, 0.6) is 0 Å². The third-order valence-electron chi connectivity index (χ3n) is 4.89. The molecule has 2 unspecified atom stereocenters. The van der Waals surface area contributed by atoms with Crippen LogP contribution in [0.3, 0.4) is 0 Å². The van der Waals surface area contributed by atoms with Gasteiger partial charge in [0, 0.05) is 18.1 Å². The maximum absolute atomic E-state index is 11.9. The van der Waals surface area contributed by atoms with Crippen LogP contribution in [0.25, 0.3) is 0 Å². The topological polar surface area (TPSA) is 58.4 Å². The molecule has 21 heavy (non-hydrogen) atoms. The third kappa shape index (κ3) is 4.96. The molecule has 0 aliphatic heterocycles. The number of nitrogens with zero attached hydrogens (tertiary/aromatic N) is 1. The van der Waals surface area contributed by atoms with Gasteiger partial charge in [-0.2, -0.15) is 0 Å². The van der Waals surface area contributed by atoms with Gasteiger partial charge in [0.05, 0.1) is 5.54 Å². The van der Waals surface area contributed by atoms with Crippen LogP contribution in [-0.4, -0.2) is 41.0 Å². The Labute approximate surface area is 129 Å². The number of primary amides is 1. The molecular formula is C17H33N3O. The van der Waals surface area contributed by atoms with Crippen molar-refractivity contribution in [1.82, 2.24) is 10.2 Å². The molecule has 0 aromatic rings. The van der Waals surface area contributed by atoms with Crippen LogP contribution >= 0.6 is 0 Å². The van der Waals surface area contributed by atoms with Crippen molar-refractivity contribution >= 4 is 5.91 Å². The monoisotopic (exact) mass is 295 g/mol. The molecule has 2 aliphatic rings. The normalized spacial score (nSPS) is 23.3. The average molecular weight is 295 g/mol. The summed E-state index contributed by atoms with van der Waals surface area (Å²) in [7, 11) is 0. The van der Waals surface area contributed by atoms with Gasteiger partial charge in [0.1, 0.15) is 0 Å². The molecule has 1 amide bonds. The molecule has 2 rings (SSSR count). The van der Waals surface area contributed by atoms with Gasteiger partial charge in [0.2, 0.25) is 5.91 Å². The summed E-state index contributed by atoms with van der Waals surface area (Å²) in [6, 6.07) is 1.64. The summed E-state index contributed by atoms with van der Waals surface area (Å²) >= 11 is 0. The van der Waals surface area contributed by atoms with E-state index in [1.54, 1.807) is 0 Å². The highest BCUT2D eigenvalue weighted by atomic mass is 16.1. The number of hydrogen-bond acceptors (Lipinski definition) is 3. The summed E-state index contributed by atoms with van der Waals surface area (Å²) in [5.74, 6) is 0.520. The molecule has 0 heterocycles. The number of carbonyl (C=O) groups excluding carboxylic acids is 1. The highest BCUT2D eigenvalue weighted by Gasteiger charge is 2.41. The molecule has 2 aliphatic carbocycles. The van der Waals surface area contributed by atoms with Crippen LogP contribution in [0.4, 0.5) is 0 Å². The summed E-state index contributed by atoms with van der Waals surface area (Å²) in [4.78, 5) is 14.5. The molecule has 0 aromatic heterocycles. The quantitative estimate of drug-likeness (QED) is 0.650. The van der Waals surface area contributed by atoms with Crippen LogP contribution in [0.1, 0.15) is 66.2 Å². The van der Waals surface area contributed by atoms with E-state index in [1.165, 1.54) is 32.1 Å². The van der Waals surface area contributed by atoms with Crippen molar-refractivity contribution in [1.29, 1.82) is 0 Å². The average Bonchev–Trinajstić information content (AvgIpc) is 3.21. The molecule has 0 bridgehead atoms. The van der Waals surface area contributed by atoms with E-state index in [4.69, 9.17) is 5.73 Å². The van der Waals surface area contributed by atoms with Crippen LogP contribution < -0.4 is 11.1 Å². The predicted octanol–water partition coefficient (Wildman–Crippen LogP) is 2.27. The van der Waals surface area contributed by atoms with Gasteiger partial charge in [0.15, 0.2) is 0 Å². The Morgan fingerprint density at radius 2 is 1.90 bits per heavy atom. The van der Waals surface area contributed by atoms with Crippen molar-refractivity contribution in [3.8, 4) is 0 Å². The second kappa shape index (κ2) is 6.66. The number of amides is 1. The van der Waals surface area contributed by atoms with E-state index in [2.05, 4.69) is 31.0 Å². The first-order valence-corrected chi connectivity index (χ1v) is 8.65. The molecule has 2 atom stereocenters. The molecule has 2 saturated carbocycles. The van der Waals surface area contributed by atoms with E-state index >= 15 is 0 Å². The maximum atomic E-state index is 11.9. The Morgan fingerprint density at radius 1 is 1.29 bits per heavy atom. The van der Waals surface area contributed by atoms with Crippen molar-refractivity contribution in [3.05, 3.63) is 0 Å². The van der Waals surface area contributed by atoms with Gasteiger partial charge in [-0.05, 0) is 64.8 Å². The maximum Gasteiger partial charge on any atom is 0.237 e. The van der Waals surface area contributed by atoms with Crippen molar-refractivity contribution in [2.24, 2.45) is 11.7 Å². The molecular weight excluding hydrogens is 262 g/mol. The van der Waals surface area contributed by atoms with Gasteiger partial charge < -0.3 is 11.1 Å². The van der Waals surface area contributed by atoms with E-state index < -0.39 is 5.54 Å². The molecule has 0 spiro atoms. The summed E-state index contributed by atoms with van der Waals surface area (Å²) in [5, 5.41) is 3.48. The Morgan fingerprint density at radius 3 is 2.33 bits per heavy atom. The van der Waals surface area contributed by atoms with Crippen molar-refractivity contribution in [2.75, 3.05) is 6.54 Å². The highest BCUT2D eigenvalue weighted by Crippen LogP contribution is 2.32. The first-order chi connectivity index (χ1) is 9.82. The van der Waals surface area contributed by atoms with Gasteiger partial charge in [-0.1, -0.05) is 13.8 Å². The number of nitrogens with two attached hydrogens (primary N) is 1. The van der Waals surface area contributed by atoms with Crippen LogP contribution in [-0.2, 0) is 4.79 Å². The lowest BCUT2D eigenvalue weighted by Gasteiger charge is -2.36. The Hall–Kier alpha value is -0.610. The summed E-state index contributed by atoms with van der Waals surface area (Å²) in [5.41, 5.74) is 5.13. The largest absolute Gasteiger partial charge is 0.368 e. The zero-order chi connectivity index (χ0) is 15.6. The van der Waals surface area contributed by atoms with E-state index in [1.807, 2.05) is 6.92 Å². The minimum atomic E-state index is -0.564. The second-order valence-electron chi connectivity index (χ2n) is 7.82. The SMILES string of the molecule is CC(C)CCN(C(C)CC(C)(NC1CC1)C(N)=O)C1CC1. The molecule has 4 nitrogen and oxygen atoms in total. The smallest absolute Gasteiger partial charge is 0.237 e. The highest BCUT2D eigenvalue weighted by molar-refractivity contribution is 5.84. The lowest BCUT2D eigenvalue weighted by molar-refractivity contribution is -0.124. The number of nitrogens with one attached hydrogen (secondary N) is 1. The number of rotatable bonds is 10. The minimum Gasteiger partial charge on any atom is -0.368 e. The Kier molecular flexibility index (Phi) is 5.31. The van der Waals surface area contributed by atoms with Crippen LogP contribution in [0, 0.1) is 5.92 Å². The number of carbonyl (C=O) groups is 1. The van der Waals surface area contributed by atoms with Gasteiger partial charge in [-0.3, -0.25) is 9.69 Å². The summed E-state index contributed by atoms with van der Waals surface area (Å²) < 4.78 is 0. The van der Waals surface area contributed by atoms with E-state index in [-0.39, 0.29) is 5.91 Å².